The van der Waals surface area contributed by atoms with Crippen molar-refractivity contribution in [1.29, 1.82) is 0 Å². The maximum Gasteiger partial charge on any atom is 0.249 e. The molecule has 4 atom stereocenters. The van der Waals surface area contributed by atoms with Gasteiger partial charge in [-0.3, -0.25) is 15.0 Å². The quantitative estimate of drug-likeness (QED) is 0.243. The Morgan fingerprint density at radius 1 is 1.24 bits per heavy atom. The second-order valence-electron chi connectivity index (χ2n) is 9.30. The van der Waals surface area contributed by atoms with Crippen LogP contribution < -0.4 is 16.7 Å². The van der Waals surface area contributed by atoms with Crippen molar-refractivity contribution in [2.45, 2.75) is 57.5 Å². The third-order valence-electron chi connectivity index (χ3n) is 6.14. The number of sulfone groups is 1. The summed E-state index contributed by atoms with van der Waals surface area (Å²) in [6.45, 7) is 5.72. The molecule has 190 valence electrons. The van der Waals surface area contributed by atoms with Crippen LogP contribution in [0.2, 0.25) is 0 Å². The molecule has 0 spiro atoms. The molecule has 0 radical (unpaired) electrons. The number of rotatable bonds is 11. The third-order valence-corrected chi connectivity index (χ3v) is 8.13. The van der Waals surface area contributed by atoms with Crippen LogP contribution in [0.25, 0.3) is 6.08 Å². The molecule has 1 heterocycles. The smallest absolute Gasteiger partial charge is 0.249 e. The number of nitrogens with two attached hydrogens (primary N) is 1. The fourth-order valence-electron chi connectivity index (χ4n) is 4.13. The molecule has 1 fully saturated rings. The maximum atomic E-state index is 13.5. The second kappa shape index (κ2) is 12.4. The van der Waals surface area contributed by atoms with Gasteiger partial charge in [-0.1, -0.05) is 56.3 Å². The molecule has 0 aromatic heterocycles. The lowest BCUT2D eigenvalue weighted by Crippen LogP contribution is -2.56. The Morgan fingerprint density at radius 2 is 1.91 bits per heavy atom. The molecule has 0 bridgehead atoms. The molecule has 10 heteroatoms. The summed E-state index contributed by atoms with van der Waals surface area (Å²) in [6.07, 6.45) is 6.16. The molecule has 1 aliphatic heterocycles. The molecule has 1 aromatic carbocycles. The van der Waals surface area contributed by atoms with Crippen molar-refractivity contribution in [1.82, 2.24) is 10.9 Å². The summed E-state index contributed by atoms with van der Waals surface area (Å²) >= 11 is 0. The van der Waals surface area contributed by atoms with Gasteiger partial charge in [-0.15, -0.1) is 0 Å². The molecule has 2 unspecified atom stereocenters. The van der Waals surface area contributed by atoms with Gasteiger partial charge in [0.25, 0.3) is 0 Å². The van der Waals surface area contributed by atoms with Crippen LogP contribution in [0.1, 0.15) is 52.0 Å². The first-order chi connectivity index (χ1) is 16.0. The first-order valence-electron chi connectivity index (χ1n) is 11.5. The molecular weight excluding hydrogens is 458 g/mol. The summed E-state index contributed by atoms with van der Waals surface area (Å²) in [5, 5.41) is 0. The van der Waals surface area contributed by atoms with Crippen LogP contribution in [-0.2, 0) is 29.0 Å². The van der Waals surface area contributed by atoms with E-state index in [1.165, 1.54) is 13.0 Å². The molecule has 0 saturated carbocycles. The van der Waals surface area contributed by atoms with Gasteiger partial charge in [0.15, 0.2) is 16.1 Å². The van der Waals surface area contributed by atoms with Crippen LogP contribution in [0.15, 0.2) is 36.4 Å². The van der Waals surface area contributed by atoms with E-state index >= 15 is 0 Å². The molecule has 34 heavy (non-hydrogen) atoms. The van der Waals surface area contributed by atoms with Crippen LogP contribution in [0, 0.1) is 17.8 Å². The first-order valence-corrected chi connectivity index (χ1v) is 13.4. The number of hydrazine groups is 1. The fraction of sp³-hybridized carbons (Fsp3) is 0.583. The number of amides is 2. The van der Waals surface area contributed by atoms with Crippen molar-refractivity contribution in [2.75, 3.05) is 12.9 Å². The summed E-state index contributed by atoms with van der Waals surface area (Å²) in [4.78, 5) is 31.8. The topological polar surface area (TPSA) is 137 Å². The van der Waals surface area contributed by atoms with Crippen LogP contribution in [0.3, 0.4) is 0 Å². The van der Waals surface area contributed by atoms with E-state index in [9.17, 15) is 18.0 Å². The summed E-state index contributed by atoms with van der Waals surface area (Å²) < 4.78 is 30.1. The molecule has 2 rings (SSSR count). The van der Waals surface area contributed by atoms with Gasteiger partial charge in [-0.05, 0) is 37.7 Å². The number of nitrogens with one attached hydrogen (secondary N) is 2. The Bertz CT molecular complexity index is 945. The van der Waals surface area contributed by atoms with E-state index in [2.05, 4.69) is 10.9 Å². The molecule has 1 saturated heterocycles. The molecule has 2 amide bonds. The number of hydrogen-bond acceptors (Lipinski definition) is 7. The first kappa shape index (κ1) is 28.0. The number of hydrogen-bond donors (Lipinski definition) is 3. The summed E-state index contributed by atoms with van der Waals surface area (Å²) in [7, 11) is -3.90. The number of carbonyl (C=O) groups is 2. The lowest BCUT2D eigenvalue weighted by molar-refractivity contribution is -0.203. The van der Waals surface area contributed by atoms with Crippen molar-refractivity contribution in [2.24, 2.45) is 23.6 Å². The average molecular weight is 496 g/mol. The number of hydroxylamine groups is 1. The van der Waals surface area contributed by atoms with E-state index < -0.39 is 44.5 Å². The van der Waals surface area contributed by atoms with Gasteiger partial charge >= 0.3 is 0 Å². The van der Waals surface area contributed by atoms with E-state index in [-0.39, 0.29) is 12.3 Å². The number of carbonyl (C=O) groups excluding carboxylic acids is 2. The molecule has 4 N–H and O–H groups in total. The summed E-state index contributed by atoms with van der Waals surface area (Å²) in [5.74, 6) is 1.74. The zero-order chi connectivity index (χ0) is 25.4. The minimum atomic E-state index is -3.90. The lowest BCUT2D eigenvalue weighted by Gasteiger charge is -2.37. The van der Waals surface area contributed by atoms with E-state index in [1.807, 2.05) is 44.2 Å². The SMILES string of the molecule is CC(C)C[C@@H](C(=O)NN)[C@@H](C(=O)NOC1CCCCO1)C(C)(/C=C/c1ccccc1)S(C)(=O)=O. The van der Waals surface area contributed by atoms with Gasteiger partial charge < -0.3 is 4.74 Å². The minimum absolute atomic E-state index is 0.0119. The van der Waals surface area contributed by atoms with Crippen LogP contribution in [0.4, 0.5) is 0 Å². The molecule has 9 nitrogen and oxygen atoms in total. The monoisotopic (exact) mass is 495 g/mol. The van der Waals surface area contributed by atoms with Crippen molar-refractivity contribution in [3.8, 4) is 0 Å². The van der Waals surface area contributed by atoms with Crippen molar-refractivity contribution < 1.29 is 27.6 Å². The Morgan fingerprint density at radius 3 is 2.44 bits per heavy atom. The molecule has 1 aromatic rings. The van der Waals surface area contributed by atoms with Gasteiger partial charge in [0.05, 0.1) is 16.6 Å². The predicted octanol–water partition coefficient (Wildman–Crippen LogP) is 2.35. The highest BCUT2D eigenvalue weighted by atomic mass is 32.2. The Kier molecular flexibility index (Phi) is 10.2. The van der Waals surface area contributed by atoms with Crippen molar-refractivity contribution >= 4 is 27.7 Å². The van der Waals surface area contributed by atoms with Gasteiger partial charge in [0, 0.05) is 19.3 Å². The van der Waals surface area contributed by atoms with Gasteiger partial charge in [-0.25, -0.2) is 24.6 Å². The highest BCUT2D eigenvalue weighted by Gasteiger charge is 2.51. The van der Waals surface area contributed by atoms with E-state index in [0.29, 0.717) is 13.0 Å². The largest absolute Gasteiger partial charge is 0.350 e. The van der Waals surface area contributed by atoms with Gasteiger partial charge in [0.2, 0.25) is 11.8 Å². The molecular formula is C24H37N3O6S. The lowest BCUT2D eigenvalue weighted by atomic mass is 9.76. The van der Waals surface area contributed by atoms with Gasteiger partial charge in [0.1, 0.15) is 0 Å². The van der Waals surface area contributed by atoms with Crippen LogP contribution >= 0.6 is 0 Å². The highest BCUT2D eigenvalue weighted by Crippen LogP contribution is 2.37. The fourth-order valence-corrected chi connectivity index (χ4v) is 5.17. The zero-order valence-corrected chi connectivity index (χ0v) is 21.1. The number of benzene rings is 1. The van der Waals surface area contributed by atoms with Crippen molar-refractivity contribution in [3.63, 3.8) is 0 Å². The molecule has 0 aliphatic carbocycles. The summed E-state index contributed by atoms with van der Waals surface area (Å²) in [5.41, 5.74) is 5.24. The summed E-state index contributed by atoms with van der Waals surface area (Å²) in [6, 6.07) is 9.12. The normalized spacial score (nSPS) is 20.5. The Hall–Kier alpha value is -2.27. The molecule has 1 aliphatic rings. The van der Waals surface area contributed by atoms with Crippen LogP contribution in [-0.4, -0.2) is 44.1 Å². The van der Waals surface area contributed by atoms with E-state index in [1.54, 1.807) is 6.08 Å². The zero-order valence-electron chi connectivity index (χ0n) is 20.3. The predicted molar refractivity (Wildman–Crippen MR) is 130 cm³/mol. The van der Waals surface area contributed by atoms with Crippen molar-refractivity contribution in [3.05, 3.63) is 42.0 Å². The second-order valence-corrected chi connectivity index (χ2v) is 11.7. The standard InChI is InChI=1S/C24H37N3O6S/c1-17(2)16-19(22(28)26-25)21(23(29)27-33-20-12-8-9-15-32-20)24(3,34(4,30)31)14-13-18-10-6-5-7-11-18/h5-7,10-11,13-14,17,19-21H,8-9,12,15-16,25H2,1-4H3,(H,26,28)(H,27,29)/b14-13+/t19-,20?,21+,24?/m1/s1. The van der Waals surface area contributed by atoms with Gasteiger partial charge in [-0.2, -0.15) is 0 Å². The highest BCUT2D eigenvalue weighted by molar-refractivity contribution is 7.92. The average Bonchev–Trinajstić information content (AvgIpc) is 2.80. The Balaban J connectivity index is 2.52. The Labute approximate surface area is 202 Å². The van der Waals surface area contributed by atoms with E-state index in [0.717, 1.165) is 24.7 Å². The maximum absolute atomic E-state index is 13.5. The minimum Gasteiger partial charge on any atom is -0.350 e. The van der Waals surface area contributed by atoms with Crippen LogP contribution in [0.5, 0.6) is 0 Å². The third kappa shape index (κ3) is 7.36. The van der Waals surface area contributed by atoms with E-state index in [4.69, 9.17) is 15.4 Å². The number of ether oxygens (including phenoxy) is 1.